The number of nitrogens with zero attached hydrogens (tertiary/aromatic N) is 1. The van der Waals surface area contributed by atoms with E-state index in [1.807, 2.05) is 0 Å². The third kappa shape index (κ3) is 4.41. The summed E-state index contributed by atoms with van der Waals surface area (Å²) >= 11 is 0. The lowest BCUT2D eigenvalue weighted by atomic mass is 9.84. The Balaban J connectivity index is 1.39. The summed E-state index contributed by atoms with van der Waals surface area (Å²) in [7, 11) is 0. The van der Waals surface area contributed by atoms with Gasteiger partial charge < -0.3 is 19.7 Å². The van der Waals surface area contributed by atoms with Crippen LogP contribution in [0.25, 0.3) is 0 Å². The molecule has 4 heteroatoms. The van der Waals surface area contributed by atoms with Crippen molar-refractivity contribution in [1.82, 2.24) is 10.2 Å². The van der Waals surface area contributed by atoms with Crippen LogP contribution in [0.1, 0.15) is 45.4 Å². The van der Waals surface area contributed by atoms with Gasteiger partial charge in [0.05, 0.1) is 5.60 Å². The molecule has 3 aliphatic heterocycles. The van der Waals surface area contributed by atoms with E-state index in [0.717, 1.165) is 45.1 Å². The van der Waals surface area contributed by atoms with E-state index in [-0.39, 0.29) is 5.60 Å². The Morgan fingerprint density at radius 2 is 1.95 bits per heavy atom. The van der Waals surface area contributed by atoms with Gasteiger partial charge in [0.2, 0.25) is 0 Å². The second kappa shape index (κ2) is 7.40. The van der Waals surface area contributed by atoms with Gasteiger partial charge in [-0.1, -0.05) is 6.92 Å². The van der Waals surface area contributed by atoms with Crippen LogP contribution in [0.15, 0.2) is 0 Å². The Morgan fingerprint density at radius 3 is 2.71 bits per heavy atom. The summed E-state index contributed by atoms with van der Waals surface area (Å²) in [6.45, 7) is 10.1. The molecule has 4 nitrogen and oxygen atoms in total. The SMILES string of the molecule is CC(CNC1CCOC2(CCOCC2)C1)CN1CCCC1. The fourth-order valence-corrected chi connectivity index (χ4v) is 4.13. The standard InChI is InChI=1S/C17H32N2O2/c1-15(14-19-7-2-3-8-19)13-18-16-4-9-21-17(12-16)5-10-20-11-6-17/h15-16,18H,2-14H2,1H3. The molecule has 0 bridgehead atoms. The van der Waals surface area contributed by atoms with Gasteiger partial charge in [-0.05, 0) is 64.1 Å². The van der Waals surface area contributed by atoms with Crippen molar-refractivity contribution in [1.29, 1.82) is 0 Å². The molecule has 2 atom stereocenters. The van der Waals surface area contributed by atoms with Gasteiger partial charge in [-0.25, -0.2) is 0 Å². The van der Waals surface area contributed by atoms with Gasteiger partial charge in [0, 0.05) is 32.4 Å². The molecule has 1 spiro atoms. The third-order valence-electron chi connectivity index (χ3n) is 5.42. The fraction of sp³-hybridized carbons (Fsp3) is 1.00. The van der Waals surface area contributed by atoms with E-state index in [0.29, 0.717) is 6.04 Å². The maximum Gasteiger partial charge on any atom is 0.0741 e. The maximum absolute atomic E-state index is 6.12. The first-order valence-corrected chi connectivity index (χ1v) is 8.93. The first-order chi connectivity index (χ1) is 10.3. The average molecular weight is 296 g/mol. The molecule has 0 aliphatic carbocycles. The molecule has 3 fully saturated rings. The van der Waals surface area contributed by atoms with E-state index in [2.05, 4.69) is 17.1 Å². The second-order valence-corrected chi connectivity index (χ2v) is 7.35. The van der Waals surface area contributed by atoms with Gasteiger partial charge in [0.15, 0.2) is 0 Å². The highest BCUT2D eigenvalue weighted by Gasteiger charge is 2.38. The number of ether oxygens (including phenoxy) is 2. The van der Waals surface area contributed by atoms with Gasteiger partial charge >= 0.3 is 0 Å². The lowest BCUT2D eigenvalue weighted by molar-refractivity contribution is -0.140. The average Bonchev–Trinajstić information content (AvgIpc) is 2.99. The Kier molecular flexibility index (Phi) is 5.54. The van der Waals surface area contributed by atoms with Crippen molar-refractivity contribution in [2.24, 2.45) is 5.92 Å². The van der Waals surface area contributed by atoms with Crippen molar-refractivity contribution in [2.45, 2.75) is 57.1 Å². The van der Waals surface area contributed by atoms with Crippen molar-refractivity contribution in [2.75, 3.05) is 46.0 Å². The summed E-state index contributed by atoms with van der Waals surface area (Å²) in [4.78, 5) is 2.62. The molecule has 122 valence electrons. The molecule has 0 aromatic carbocycles. The van der Waals surface area contributed by atoms with Crippen LogP contribution in [-0.4, -0.2) is 62.5 Å². The summed E-state index contributed by atoms with van der Waals surface area (Å²) < 4.78 is 11.6. The van der Waals surface area contributed by atoms with Gasteiger partial charge in [-0.3, -0.25) is 0 Å². The minimum absolute atomic E-state index is 0.117. The molecule has 3 rings (SSSR count). The predicted octanol–water partition coefficient (Wildman–Crippen LogP) is 2.04. The molecule has 0 saturated carbocycles. The molecule has 2 unspecified atom stereocenters. The minimum atomic E-state index is 0.117. The number of rotatable bonds is 5. The smallest absolute Gasteiger partial charge is 0.0741 e. The normalized spacial score (nSPS) is 31.6. The number of hydrogen-bond donors (Lipinski definition) is 1. The molecule has 3 saturated heterocycles. The van der Waals surface area contributed by atoms with Crippen LogP contribution in [0.5, 0.6) is 0 Å². The van der Waals surface area contributed by atoms with Crippen molar-refractivity contribution in [3.8, 4) is 0 Å². The van der Waals surface area contributed by atoms with E-state index >= 15 is 0 Å². The summed E-state index contributed by atoms with van der Waals surface area (Å²) in [6.07, 6.45) is 7.28. The minimum Gasteiger partial charge on any atom is -0.381 e. The first kappa shape index (κ1) is 15.7. The molecule has 0 radical (unpaired) electrons. The summed E-state index contributed by atoms with van der Waals surface area (Å²) in [5.41, 5.74) is 0.117. The molecule has 0 aromatic heterocycles. The third-order valence-corrected chi connectivity index (χ3v) is 5.42. The largest absolute Gasteiger partial charge is 0.381 e. The monoisotopic (exact) mass is 296 g/mol. The van der Waals surface area contributed by atoms with Gasteiger partial charge in [-0.15, -0.1) is 0 Å². The van der Waals surface area contributed by atoms with Crippen molar-refractivity contribution in [3.05, 3.63) is 0 Å². The molecule has 3 aliphatic rings. The van der Waals surface area contributed by atoms with Crippen LogP contribution in [0.4, 0.5) is 0 Å². The number of hydrogen-bond acceptors (Lipinski definition) is 4. The van der Waals surface area contributed by atoms with Crippen LogP contribution < -0.4 is 5.32 Å². The Morgan fingerprint density at radius 1 is 1.19 bits per heavy atom. The zero-order valence-corrected chi connectivity index (χ0v) is 13.6. The van der Waals surface area contributed by atoms with Crippen molar-refractivity contribution in [3.63, 3.8) is 0 Å². The van der Waals surface area contributed by atoms with E-state index in [4.69, 9.17) is 9.47 Å². The second-order valence-electron chi connectivity index (χ2n) is 7.35. The van der Waals surface area contributed by atoms with E-state index < -0.39 is 0 Å². The summed E-state index contributed by atoms with van der Waals surface area (Å²) in [5, 5.41) is 3.82. The molecular formula is C17H32N2O2. The molecule has 21 heavy (non-hydrogen) atoms. The molecular weight excluding hydrogens is 264 g/mol. The molecule has 1 N–H and O–H groups in total. The highest BCUT2D eigenvalue weighted by Crippen LogP contribution is 2.34. The zero-order valence-electron chi connectivity index (χ0n) is 13.6. The van der Waals surface area contributed by atoms with Gasteiger partial charge in [0.1, 0.15) is 0 Å². The molecule has 3 heterocycles. The highest BCUT2D eigenvalue weighted by atomic mass is 16.5. The molecule has 0 aromatic rings. The van der Waals surface area contributed by atoms with E-state index in [1.165, 1.54) is 45.3 Å². The lowest BCUT2D eigenvalue weighted by Crippen LogP contribution is -2.50. The summed E-state index contributed by atoms with van der Waals surface area (Å²) in [5.74, 6) is 0.747. The van der Waals surface area contributed by atoms with Crippen LogP contribution in [-0.2, 0) is 9.47 Å². The van der Waals surface area contributed by atoms with Gasteiger partial charge in [-0.2, -0.15) is 0 Å². The first-order valence-electron chi connectivity index (χ1n) is 8.93. The quantitative estimate of drug-likeness (QED) is 0.842. The van der Waals surface area contributed by atoms with Crippen LogP contribution >= 0.6 is 0 Å². The maximum atomic E-state index is 6.12. The van der Waals surface area contributed by atoms with Crippen molar-refractivity contribution >= 4 is 0 Å². The zero-order chi connectivity index (χ0) is 14.5. The lowest BCUT2D eigenvalue weighted by Gasteiger charge is -2.43. The number of likely N-dealkylation sites (tertiary alicyclic amines) is 1. The van der Waals surface area contributed by atoms with E-state index in [9.17, 15) is 0 Å². The van der Waals surface area contributed by atoms with Crippen LogP contribution in [0.2, 0.25) is 0 Å². The number of nitrogens with one attached hydrogen (secondary N) is 1. The Labute approximate surface area is 129 Å². The Hall–Kier alpha value is -0.160. The topological polar surface area (TPSA) is 33.7 Å². The Bertz CT molecular complexity index is 306. The summed E-state index contributed by atoms with van der Waals surface area (Å²) in [6, 6.07) is 0.637. The highest BCUT2D eigenvalue weighted by molar-refractivity contribution is 4.91. The van der Waals surface area contributed by atoms with Crippen molar-refractivity contribution < 1.29 is 9.47 Å². The van der Waals surface area contributed by atoms with Crippen LogP contribution in [0, 0.1) is 5.92 Å². The van der Waals surface area contributed by atoms with Gasteiger partial charge in [0.25, 0.3) is 0 Å². The fourth-order valence-electron chi connectivity index (χ4n) is 4.13. The van der Waals surface area contributed by atoms with Crippen LogP contribution in [0.3, 0.4) is 0 Å². The molecule has 0 amide bonds. The predicted molar refractivity (Wildman–Crippen MR) is 84.6 cm³/mol. The van der Waals surface area contributed by atoms with E-state index in [1.54, 1.807) is 0 Å².